The van der Waals surface area contributed by atoms with E-state index in [1.54, 1.807) is 18.5 Å². The minimum atomic E-state index is -4.32. The van der Waals surface area contributed by atoms with Gasteiger partial charge in [-0.1, -0.05) is 6.92 Å². The van der Waals surface area contributed by atoms with Crippen molar-refractivity contribution in [1.82, 2.24) is 10.3 Å². The van der Waals surface area contributed by atoms with E-state index in [9.17, 15) is 13.2 Å². The minimum absolute atomic E-state index is 0.00103. The summed E-state index contributed by atoms with van der Waals surface area (Å²) in [7, 11) is 0. The predicted molar refractivity (Wildman–Crippen MR) is 73.3 cm³/mol. The molecule has 0 saturated heterocycles. The Hall–Kier alpha value is -1.34. The van der Waals surface area contributed by atoms with Crippen LogP contribution in [0.4, 0.5) is 13.2 Å². The van der Waals surface area contributed by atoms with Gasteiger partial charge < -0.3 is 14.8 Å². The van der Waals surface area contributed by atoms with Gasteiger partial charge in [0.2, 0.25) is 0 Å². The first-order valence-electron chi connectivity index (χ1n) is 6.81. The summed E-state index contributed by atoms with van der Waals surface area (Å²) in [6.07, 6.45) is -1.15. The third kappa shape index (κ3) is 7.29. The van der Waals surface area contributed by atoms with Crippen LogP contribution < -0.4 is 10.1 Å². The van der Waals surface area contributed by atoms with Crippen LogP contribution in [0.25, 0.3) is 0 Å². The molecular weight excluding hydrogens is 285 g/mol. The maximum Gasteiger partial charge on any atom is 0.411 e. The molecule has 0 saturated carbocycles. The molecule has 0 aliphatic rings. The molecule has 1 aromatic heterocycles. The SMILES string of the molecule is CCNC(COCC(F)(F)F)c1cncc(OC(C)C)c1. The van der Waals surface area contributed by atoms with Gasteiger partial charge in [0.05, 0.1) is 24.9 Å². The molecule has 0 spiro atoms. The van der Waals surface area contributed by atoms with Gasteiger partial charge in [0.15, 0.2) is 0 Å². The predicted octanol–water partition coefficient (Wildman–Crippen LogP) is 3.10. The third-order valence-electron chi connectivity index (χ3n) is 2.51. The van der Waals surface area contributed by atoms with E-state index in [4.69, 9.17) is 9.47 Å². The lowest BCUT2D eigenvalue weighted by Gasteiger charge is -2.20. The summed E-state index contributed by atoms with van der Waals surface area (Å²) in [6, 6.07) is 1.40. The molecule has 0 fully saturated rings. The molecule has 0 amide bonds. The second-order valence-electron chi connectivity index (χ2n) is 4.86. The van der Waals surface area contributed by atoms with Gasteiger partial charge in [-0.2, -0.15) is 13.2 Å². The lowest BCUT2D eigenvalue weighted by atomic mass is 10.1. The number of ether oxygens (including phenoxy) is 2. The summed E-state index contributed by atoms with van der Waals surface area (Å²) in [6.45, 7) is 4.92. The molecule has 1 atom stereocenters. The first kappa shape index (κ1) is 17.7. The van der Waals surface area contributed by atoms with Crippen LogP contribution in [-0.2, 0) is 4.74 Å². The third-order valence-corrected chi connectivity index (χ3v) is 2.51. The molecule has 1 rings (SSSR count). The number of likely N-dealkylation sites (N-methyl/N-ethyl adjacent to an activating group) is 1. The fourth-order valence-corrected chi connectivity index (χ4v) is 1.77. The second-order valence-corrected chi connectivity index (χ2v) is 4.86. The van der Waals surface area contributed by atoms with E-state index in [1.165, 1.54) is 0 Å². The quantitative estimate of drug-likeness (QED) is 0.801. The summed E-state index contributed by atoms with van der Waals surface area (Å²) in [5, 5.41) is 3.08. The number of hydrogen-bond donors (Lipinski definition) is 1. The van der Waals surface area contributed by atoms with Crippen molar-refractivity contribution in [3.8, 4) is 5.75 Å². The summed E-state index contributed by atoms with van der Waals surface area (Å²) in [5.74, 6) is 0.584. The van der Waals surface area contributed by atoms with Crippen molar-refractivity contribution in [1.29, 1.82) is 0 Å². The van der Waals surface area contributed by atoms with Gasteiger partial charge in [0.1, 0.15) is 12.4 Å². The highest BCUT2D eigenvalue weighted by molar-refractivity contribution is 5.26. The van der Waals surface area contributed by atoms with Gasteiger partial charge in [-0.05, 0) is 32.0 Å². The van der Waals surface area contributed by atoms with Crippen molar-refractivity contribution in [3.63, 3.8) is 0 Å². The summed E-state index contributed by atoms with van der Waals surface area (Å²) < 4.78 is 46.6. The zero-order chi connectivity index (χ0) is 15.9. The van der Waals surface area contributed by atoms with Crippen molar-refractivity contribution in [2.75, 3.05) is 19.8 Å². The minimum Gasteiger partial charge on any atom is -0.489 e. The lowest BCUT2D eigenvalue weighted by Crippen LogP contribution is -2.28. The van der Waals surface area contributed by atoms with E-state index in [-0.39, 0.29) is 18.8 Å². The molecule has 0 aromatic carbocycles. The Morgan fingerprint density at radius 3 is 2.57 bits per heavy atom. The number of rotatable bonds is 8. The number of nitrogens with zero attached hydrogens (tertiary/aromatic N) is 1. The largest absolute Gasteiger partial charge is 0.489 e. The van der Waals surface area contributed by atoms with Crippen LogP contribution in [0.3, 0.4) is 0 Å². The first-order valence-corrected chi connectivity index (χ1v) is 6.81. The van der Waals surface area contributed by atoms with Gasteiger partial charge in [-0.3, -0.25) is 4.98 Å². The molecule has 4 nitrogen and oxygen atoms in total. The first-order chi connectivity index (χ1) is 9.81. The normalized spacial score (nSPS) is 13.5. The maximum absolute atomic E-state index is 12.1. The Labute approximate surface area is 122 Å². The number of pyridine rings is 1. The molecule has 1 unspecified atom stereocenters. The summed E-state index contributed by atoms with van der Waals surface area (Å²) in [5.41, 5.74) is 0.733. The van der Waals surface area contributed by atoms with Crippen molar-refractivity contribution in [3.05, 3.63) is 24.0 Å². The summed E-state index contributed by atoms with van der Waals surface area (Å²) in [4.78, 5) is 4.05. The fourth-order valence-electron chi connectivity index (χ4n) is 1.77. The van der Waals surface area contributed by atoms with E-state index in [2.05, 4.69) is 10.3 Å². The highest BCUT2D eigenvalue weighted by Crippen LogP contribution is 2.21. The zero-order valence-electron chi connectivity index (χ0n) is 12.4. The van der Waals surface area contributed by atoms with Crippen LogP contribution in [0.2, 0.25) is 0 Å². The van der Waals surface area contributed by atoms with Crippen LogP contribution >= 0.6 is 0 Å². The van der Waals surface area contributed by atoms with E-state index >= 15 is 0 Å². The van der Waals surface area contributed by atoms with Crippen molar-refractivity contribution < 1.29 is 22.6 Å². The fraction of sp³-hybridized carbons (Fsp3) is 0.643. The molecule has 1 N–H and O–H groups in total. The molecule has 0 aliphatic heterocycles. The van der Waals surface area contributed by atoms with Gasteiger partial charge in [-0.15, -0.1) is 0 Å². The van der Waals surface area contributed by atoms with Crippen LogP contribution in [0, 0.1) is 0 Å². The van der Waals surface area contributed by atoms with Crippen molar-refractivity contribution in [2.45, 2.75) is 39.1 Å². The van der Waals surface area contributed by atoms with Crippen molar-refractivity contribution >= 4 is 0 Å². The topological polar surface area (TPSA) is 43.4 Å². The maximum atomic E-state index is 12.1. The number of halogens is 3. The Kier molecular flexibility index (Phi) is 6.91. The number of alkyl halides is 3. The Morgan fingerprint density at radius 2 is 2.00 bits per heavy atom. The monoisotopic (exact) mass is 306 g/mol. The second kappa shape index (κ2) is 8.19. The lowest BCUT2D eigenvalue weighted by molar-refractivity contribution is -0.175. The molecule has 0 aliphatic carbocycles. The molecule has 0 radical (unpaired) electrons. The van der Waals surface area contributed by atoms with Crippen LogP contribution in [-0.4, -0.2) is 37.0 Å². The average molecular weight is 306 g/mol. The molecule has 1 heterocycles. The van der Waals surface area contributed by atoms with Crippen LogP contribution in [0.1, 0.15) is 32.4 Å². The number of nitrogens with one attached hydrogen (secondary N) is 1. The van der Waals surface area contributed by atoms with E-state index in [0.717, 1.165) is 5.56 Å². The Balaban J connectivity index is 2.70. The van der Waals surface area contributed by atoms with Gasteiger partial charge in [-0.25, -0.2) is 0 Å². The van der Waals surface area contributed by atoms with Gasteiger partial charge >= 0.3 is 6.18 Å². The number of hydrogen-bond acceptors (Lipinski definition) is 4. The summed E-state index contributed by atoms with van der Waals surface area (Å²) >= 11 is 0. The molecule has 0 bridgehead atoms. The van der Waals surface area contributed by atoms with Gasteiger partial charge in [0, 0.05) is 6.20 Å². The van der Waals surface area contributed by atoms with E-state index < -0.39 is 12.8 Å². The molecule has 7 heteroatoms. The zero-order valence-corrected chi connectivity index (χ0v) is 12.4. The Bertz CT molecular complexity index is 425. The van der Waals surface area contributed by atoms with Crippen LogP contribution in [0.15, 0.2) is 18.5 Å². The average Bonchev–Trinajstić information content (AvgIpc) is 2.36. The Morgan fingerprint density at radius 1 is 1.29 bits per heavy atom. The number of aromatic nitrogens is 1. The smallest absolute Gasteiger partial charge is 0.411 e. The van der Waals surface area contributed by atoms with Crippen LogP contribution in [0.5, 0.6) is 5.75 Å². The highest BCUT2D eigenvalue weighted by atomic mass is 19.4. The molecule has 1 aromatic rings. The molecule has 120 valence electrons. The molecular formula is C14H21F3N2O2. The van der Waals surface area contributed by atoms with E-state index in [1.807, 2.05) is 20.8 Å². The molecule has 21 heavy (non-hydrogen) atoms. The highest BCUT2D eigenvalue weighted by Gasteiger charge is 2.28. The van der Waals surface area contributed by atoms with E-state index in [0.29, 0.717) is 12.3 Å². The van der Waals surface area contributed by atoms with Crippen molar-refractivity contribution in [2.24, 2.45) is 0 Å². The van der Waals surface area contributed by atoms with Gasteiger partial charge in [0.25, 0.3) is 0 Å². The standard InChI is InChI=1S/C14H21F3N2O2/c1-4-19-13(8-20-9-14(15,16)17)11-5-12(7-18-6-11)21-10(2)3/h5-7,10,13,19H,4,8-9H2,1-3H3.